The molecule has 0 amide bonds. The lowest BCUT2D eigenvalue weighted by Gasteiger charge is -2.18. The topological polar surface area (TPSA) is 68.5 Å². The summed E-state index contributed by atoms with van der Waals surface area (Å²) in [5, 5.41) is 9.72. The van der Waals surface area contributed by atoms with E-state index < -0.39 is 5.97 Å². The maximum Gasteiger partial charge on any atom is 0.352 e. The van der Waals surface area contributed by atoms with Crippen molar-refractivity contribution >= 4 is 16.9 Å². The maximum absolute atomic E-state index is 12.0. The molecule has 5 nitrogen and oxygen atoms in total. The second-order valence-corrected chi connectivity index (χ2v) is 4.55. The van der Waals surface area contributed by atoms with Crippen LogP contribution in [0.3, 0.4) is 0 Å². The molecule has 1 aromatic heterocycles. The number of rotatable bonds is 3. The molecule has 1 heterocycles. The standard InChI is InChI=1S/C14H15NO4/c1-8(2)15-11-6-9(19-3)4-5-10(11)13(16)7-12(15)14(17)18/h4-8H,1-3H3,(H,17,18). The summed E-state index contributed by atoms with van der Waals surface area (Å²) < 4.78 is 6.76. The zero-order chi connectivity index (χ0) is 14.2. The van der Waals surface area contributed by atoms with Crippen molar-refractivity contribution < 1.29 is 14.6 Å². The molecule has 5 heteroatoms. The lowest BCUT2D eigenvalue weighted by molar-refractivity contribution is 0.0683. The average Bonchev–Trinajstić information content (AvgIpc) is 2.37. The smallest absolute Gasteiger partial charge is 0.352 e. The zero-order valence-corrected chi connectivity index (χ0v) is 11.0. The van der Waals surface area contributed by atoms with Gasteiger partial charge in [0.1, 0.15) is 11.4 Å². The van der Waals surface area contributed by atoms with Crippen molar-refractivity contribution in [3.8, 4) is 5.75 Å². The molecule has 19 heavy (non-hydrogen) atoms. The first kappa shape index (κ1) is 13.1. The van der Waals surface area contributed by atoms with Crippen LogP contribution in [0.25, 0.3) is 10.9 Å². The molecule has 0 aliphatic rings. The molecule has 0 saturated carbocycles. The monoisotopic (exact) mass is 261 g/mol. The van der Waals surface area contributed by atoms with E-state index in [9.17, 15) is 14.7 Å². The van der Waals surface area contributed by atoms with Gasteiger partial charge < -0.3 is 14.4 Å². The second-order valence-electron chi connectivity index (χ2n) is 4.55. The van der Waals surface area contributed by atoms with Gasteiger partial charge in [-0.2, -0.15) is 0 Å². The van der Waals surface area contributed by atoms with E-state index in [2.05, 4.69) is 0 Å². The van der Waals surface area contributed by atoms with E-state index in [1.54, 1.807) is 22.8 Å². The molecule has 2 aromatic rings. The van der Waals surface area contributed by atoms with Crippen molar-refractivity contribution in [2.24, 2.45) is 0 Å². The highest BCUT2D eigenvalue weighted by atomic mass is 16.5. The number of aromatic carboxylic acids is 1. The number of fused-ring (bicyclic) bond motifs is 1. The van der Waals surface area contributed by atoms with Crippen molar-refractivity contribution in [1.29, 1.82) is 0 Å². The summed E-state index contributed by atoms with van der Waals surface area (Å²) in [5.74, 6) is -0.528. The molecule has 0 saturated heterocycles. The molecule has 1 N–H and O–H groups in total. The number of nitrogens with zero attached hydrogens (tertiary/aromatic N) is 1. The quantitative estimate of drug-likeness (QED) is 0.920. The van der Waals surface area contributed by atoms with Crippen molar-refractivity contribution in [3.05, 3.63) is 40.2 Å². The van der Waals surface area contributed by atoms with Crippen LogP contribution in [-0.2, 0) is 0 Å². The van der Waals surface area contributed by atoms with Crippen LogP contribution in [0, 0.1) is 0 Å². The number of hydrogen-bond acceptors (Lipinski definition) is 3. The number of hydrogen-bond donors (Lipinski definition) is 1. The first-order valence-electron chi connectivity index (χ1n) is 5.92. The van der Waals surface area contributed by atoms with Gasteiger partial charge in [0, 0.05) is 23.6 Å². The Morgan fingerprint density at radius 3 is 2.53 bits per heavy atom. The maximum atomic E-state index is 12.0. The van der Waals surface area contributed by atoms with E-state index >= 15 is 0 Å². The average molecular weight is 261 g/mol. The van der Waals surface area contributed by atoms with Gasteiger partial charge in [0.2, 0.25) is 0 Å². The summed E-state index contributed by atoms with van der Waals surface area (Å²) in [7, 11) is 1.53. The van der Waals surface area contributed by atoms with Crippen molar-refractivity contribution in [2.75, 3.05) is 7.11 Å². The normalized spacial score (nSPS) is 10.9. The Morgan fingerprint density at radius 1 is 1.32 bits per heavy atom. The van der Waals surface area contributed by atoms with E-state index in [0.717, 1.165) is 6.07 Å². The number of carboxylic acid groups (broad SMARTS) is 1. The molecule has 0 aliphatic heterocycles. The van der Waals surface area contributed by atoms with Gasteiger partial charge in [-0.25, -0.2) is 4.79 Å². The predicted octanol–water partition coefficient (Wildman–Crippen LogP) is 2.29. The van der Waals surface area contributed by atoms with Gasteiger partial charge >= 0.3 is 5.97 Å². The van der Waals surface area contributed by atoms with Crippen molar-refractivity contribution in [3.63, 3.8) is 0 Å². The van der Waals surface area contributed by atoms with Crippen LogP contribution in [0.1, 0.15) is 30.4 Å². The van der Waals surface area contributed by atoms with Crippen LogP contribution in [0.15, 0.2) is 29.1 Å². The van der Waals surface area contributed by atoms with Gasteiger partial charge in [-0.05, 0) is 26.0 Å². The minimum absolute atomic E-state index is 0.0132. The number of carbonyl (C=O) groups is 1. The number of carboxylic acids is 1. The van der Waals surface area contributed by atoms with Crippen LogP contribution in [0.5, 0.6) is 5.75 Å². The molecule has 0 spiro atoms. The minimum atomic E-state index is -1.12. The van der Waals surface area contributed by atoms with Gasteiger partial charge in [0.05, 0.1) is 12.6 Å². The summed E-state index contributed by atoms with van der Waals surface area (Å²) in [4.78, 5) is 23.2. The Hall–Kier alpha value is -2.30. The fraction of sp³-hybridized carbons (Fsp3) is 0.286. The second kappa shape index (κ2) is 4.76. The molecule has 100 valence electrons. The lowest BCUT2D eigenvalue weighted by Crippen LogP contribution is -2.19. The fourth-order valence-corrected chi connectivity index (χ4v) is 2.17. The van der Waals surface area contributed by atoms with Crippen LogP contribution < -0.4 is 10.2 Å². The summed E-state index contributed by atoms with van der Waals surface area (Å²) in [5.41, 5.74) is 0.256. The van der Waals surface area contributed by atoms with Crippen LogP contribution >= 0.6 is 0 Å². The fourth-order valence-electron chi connectivity index (χ4n) is 2.17. The molecule has 0 fully saturated rings. The van der Waals surface area contributed by atoms with Gasteiger partial charge in [-0.3, -0.25) is 4.79 Å². The van der Waals surface area contributed by atoms with E-state index in [0.29, 0.717) is 16.7 Å². The SMILES string of the molecule is COc1ccc2c(=O)cc(C(=O)O)n(C(C)C)c2c1. The van der Waals surface area contributed by atoms with Gasteiger partial charge in [-0.15, -0.1) is 0 Å². The third-order valence-electron chi connectivity index (χ3n) is 2.99. The largest absolute Gasteiger partial charge is 0.497 e. The van der Waals surface area contributed by atoms with E-state index in [4.69, 9.17) is 4.74 Å². The molecule has 2 rings (SSSR count). The van der Waals surface area contributed by atoms with Crippen molar-refractivity contribution in [2.45, 2.75) is 19.9 Å². The highest BCUT2D eigenvalue weighted by molar-refractivity contribution is 5.91. The zero-order valence-electron chi connectivity index (χ0n) is 11.0. The summed E-state index contributed by atoms with van der Waals surface area (Å²) in [6.07, 6.45) is 0. The molecule has 1 aromatic carbocycles. The summed E-state index contributed by atoms with van der Waals surface area (Å²) in [6, 6.07) is 6.11. The summed E-state index contributed by atoms with van der Waals surface area (Å²) >= 11 is 0. The van der Waals surface area contributed by atoms with E-state index in [1.807, 2.05) is 13.8 Å². The molecular formula is C14H15NO4. The minimum Gasteiger partial charge on any atom is -0.497 e. The Kier molecular flexibility index (Phi) is 3.29. The van der Waals surface area contributed by atoms with E-state index in [-0.39, 0.29) is 17.2 Å². The summed E-state index contributed by atoms with van der Waals surface area (Å²) in [6.45, 7) is 3.74. The molecule has 0 radical (unpaired) electrons. The van der Waals surface area contributed by atoms with Crippen LogP contribution in [-0.4, -0.2) is 22.8 Å². The Morgan fingerprint density at radius 2 is 2.00 bits per heavy atom. The highest BCUT2D eigenvalue weighted by Crippen LogP contribution is 2.23. The number of aromatic nitrogens is 1. The first-order chi connectivity index (χ1) is 8.95. The van der Waals surface area contributed by atoms with Crippen molar-refractivity contribution in [1.82, 2.24) is 4.57 Å². The third kappa shape index (κ3) is 2.19. The molecule has 0 bridgehead atoms. The van der Waals surface area contributed by atoms with Crippen LogP contribution in [0.4, 0.5) is 0 Å². The Labute approximate surface area is 110 Å². The molecule has 0 atom stereocenters. The van der Waals surface area contributed by atoms with Gasteiger partial charge in [0.25, 0.3) is 0 Å². The number of pyridine rings is 1. The number of methoxy groups -OCH3 is 1. The molecular weight excluding hydrogens is 246 g/mol. The van der Waals surface area contributed by atoms with E-state index in [1.165, 1.54) is 7.11 Å². The number of ether oxygens (including phenoxy) is 1. The predicted molar refractivity (Wildman–Crippen MR) is 72.1 cm³/mol. The first-order valence-corrected chi connectivity index (χ1v) is 5.92. The Balaban J connectivity index is 2.96. The van der Waals surface area contributed by atoms with Gasteiger partial charge in [-0.1, -0.05) is 0 Å². The lowest BCUT2D eigenvalue weighted by atomic mass is 10.1. The number of benzene rings is 1. The Bertz CT molecular complexity index is 700. The molecule has 0 aliphatic carbocycles. The third-order valence-corrected chi connectivity index (χ3v) is 2.99. The van der Waals surface area contributed by atoms with Gasteiger partial charge in [0.15, 0.2) is 5.43 Å². The highest BCUT2D eigenvalue weighted by Gasteiger charge is 2.16. The molecule has 0 unspecified atom stereocenters. The van der Waals surface area contributed by atoms with Crippen LogP contribution in [0.2, 0.25) is 0 Å².